The van der Waals surface area contributed by atoms with E-state index in [1.54, 1.807) is 42.6 Å². The number of imidazole rings is 1. The van der Waals surface area contributed by atoms with Crippen molar-refractivity contribution in [3.63, 3.8) is 0 Å². The highest BCUT2D eigenvalue weighted by Gasteiger charge is 2.20. The number of aliphatic hydroxyl groups is 2. The summed E-state index contributed by atoms with van der Waals surface area (Å²) in [6, 6.07) is 14.1. The van der Waals surface area contributed by atoms with Gasteiger partial charge in [0.15, 0.2) is 0 Å². The number of fused-ring (bicyclic) bond motifs is 1. The van der Waals surface area contributed by atoms with Gasteiger partial charge in [-0.15, -0.1) is 0 Å². The Kier molecular flexibility index (Phi) is 6.57. The molecular formula is C23H20F2N4O4. The second kappa shape index (κ2) is 9.72. The standard InChI is InChI=1S/C23H20F2N4O4/c24-21(25)17-10-14(33-12-13(31)11-30)7-8-15(17)22-27-18-5-3-4-16(20(18)29-22)23(32)28-19-6-1-2-9-26-19/h1-10,13,21,30-31H,11-12H2,(H,27,29)(H,26,28,32)/t13-/m0/s1. The SMILES string of the molecule is O=C(Nc1ccccn1)c1cccc2[nH]c(-c3ccc(OC[C@@H](O)CO)cc3C(F)F)nc12. The molecule has 0 bridgehead atoms. The fraction of sp³-hybridized carbons (Fsp3) is 0.174. The number of aliphatic hydroxyl groups excluding tert-OH is 2. The summed E-state index contributed by atoms with van der Waals surface area (Å²) in [5.41, 5.74) is 0.909. The van der Waals surface area contributed by atoms with Gasteiger partial charge < -0.3 is 25.3 Å². The number of nitrogens with one attached hydrogen (secondary N) is 2. The van der Waals surface area contributed by atoms with Crippen LogP contribution < -0.4 is 10.1 Å². The molecule has 4 aromatic rings. The van der Waals surface area contributed by atoms with Gasteiger partial charge in [0.2, 0.25) is 0 Å². The summed E-state index contributed by atoms with van der Waals surface area (Å²) in [6.07, 6.45) is -2.40. The largest absolute Gasteiger partial charge is 0.491 e. The first-order valence-electron chi connectivity index (χ1n) is 10.0. The van der Waals surface area contributed by atoms with Gasteiger partial charge >= 0.3 is 0 Å². The van der Waals surface area contributed by atoms with Crippen molar-refractivity contribution < 1.29 is 28.5 Å². The fourth-order valence-corrected chi connectivity index (χ4v) is 3.24. The maximum Gasteiger partial charge on any atom is 0.264 e. The molecule has 8 nitrogen and oxygen atoms in total. The van der Waals surface area contributed by atoms with Gasteiger partial charge in [0, 0.05) is 17.3 Å². The molecule has 33 heavy (non-hydrogen) atoms. The van der Waals surface area contributed by atoms with E-state index in [0.717, 1.165) is 6.07 Å². The molecule has 0 aliphatic carbocycles. The number of aromatic amines is 1. The predicted octanol–water partition coefficient (Wildman–Crippen LogP) is 3.55. The summed E-state index contributed by atoms with van der Waals surface area (Å²) in [6.45, 7) is -0.743. The lowest BCUT2D eigenvalue weighted by molar-refractivity contribution is 0.0534. The number of H-pyrrole nitrogens is 1. The molecule has 2 heterocycles. The minimum atomic E-state index is -2.83. The van der Waals surface area contributed by atoms with Crippen LogP contribution in [0.15, 0.2) is 60.8 Å². The highest BCUT2D eigenvalue weighted by molar-refractivity contribution is 6.11. The van der Waals surface area contributed by atoms with Gasteiger partial charge in [-0.05, 0) is 42.5 Å². The van der Waals surface area contributed by atoms with Crippen LogP contribution in [0.4, 0.5) is 14.6 Å². The molecule has 0 aliphatic rings. The normalized spacial score (nSPS) is 12.2. The van der Waals surface area contributed by atoms with Gasteiger partial charge in [-0.25, -0.2) is 18.7 Å². The quantitative estimate of drug-likeness (QED) is 0.323. The van der Waals surface area contributed by atoms with Gasteiger partial charge in [-0.2, -0.15) is 0 Å². The third kappa shape index (κ3) is 4.97. The first-order chi connectivity index (χ1) is 16.0. The molecule has 0 saturated heterocycles. The number of hydrogen-bond donors (Lipinski definition) is 4. The number of pyridine rings is 1. The summed E-state index contributed by atoms with van der Waals surface area (Å²) in [5, 5.41) is 21.0. The van der Waals surface area contributed by atoms with Crippen molar-refractivity contribution in [2.75, 3.05) is 18.5 Å². The number of halogens is 2. The Morgan fingerprint density at radius 2 is 2.00 bits per heavy atom. The topological polar surface area (TPSA) is 120 Å². The third-order valence-corrected chi connectivity index (χ3v) is 4.83. The zero-order chi connectivity index (χ0) is 23.4. The van der Waals surface area contributed by atoms with Crippen LogP contribution >= 0.6 is 0 Å². The number of rotatable bonds is 8. The molecule has 0 saturated carbocycles. The average molecular weight is 454 g/mol. The van der Waals surface area contributed by atoms with Gasteiger partial charge in [0.25, 0.3) is 12.3 Å². The molecule has 0 radical (unpaired) electrons. The number of amides is 1. The Morgan fingerprint density at radius 1 is 1.15 bits per heavy atom. The average Bonchev–Trinajstić information content (AvgIpc) is 3.27. The first-order valence-corrected chi connectivity index (χ1v) is 10.0. The Labute approximate surface area is 186 Å². The summed E-state index contributed by atoms with van der Waals surface area (Å²) in [4.78, 5) is 24.2. The van der Waals surface area contributed by atoms with E-state index in [1.165, 1.54) is 12.1 Å². The fourth-order valence-electron chi connectivity index (χ4n) is 3.24. The Hall–Kier alpha value is -3.89. The zero-order valence-corrected chi connectivity index (χ0v) is 17.2. The Bertz CT molecular complexity index is 1260. The van der Waals surface area contributed by atoms with E-state index in [4.69, 9.17) is 9.84 Å². The predicted molar refractivity (Wildman–Crippen MR) is 117 cm³/mol. The maximum atomic E-state index is 13.8. The van der Waals surface area contributed by atoms with Crippen LogP contribution in [0.2, 0.25) is 0 Å². The number of alkyl halides is 2. The number of ether oxygens (including phenoxy) is 1. The number of aromatic nitrogens is 3. The Morgan fingerprint density at radius 3 is 2.73 bits per heavy atom. The molecule has 2 aromatic carbocycles. The molecule has 0 unspecified atom stereocenters. The number of carbonyl (C=O) groups excluding carboxylic acids is 1. The van der Waals surface area contributed by atoms with Crippen LogP contribution in [0.5, 0.6) is 5.75 Å². The van der Waals surface area contributed by atoms with Crippen molar-refractivity contribution in [2.45, 2.75) is 12.5 Å². The van der Waals surface area contributed by atoms with E-state index in [9.17, 15) is 18.7 Å². The molecule has 2 aromatic heterocycles. The van der Waals surface area contributed by atoms with Crippen molar-refractivity contribution in [1.82, 2.24) is 15.0 Å². The van der Waals surface area contributed by atoms with Crippen molar-refractivity contribution in [3.05, 3.63) is 71.9 Å². The molecular weight excluding hydrogens is 434 g/mol. The maximum absolute atomic E-state index is 13.8. The summed E-state index contributed by atoms with van der Waals surface area (Å²) in [7, 11) is 0. The molecule has 0 aliphatic heterocycles. The minimum absolute atomic E-state index is 0.119. The summed E-state index contributed by atoms with van der Waals surface area (Å²) >= 11 is 0. The van der Waals surface area contributed by atoms with E-state index >= 15 is 0 Å². The lowest BCUT2D eigenvalue weighted by Gasteiger charge is -2.13. The molecule has 10 heteroatoms. The molecule has 4 N–H and O–H groups in total. The molecule has 0 fully saturated rings. The highest BCUT2D eigenvalue weighted by atomic mass is 19.3. The van der Waals surface area contributed by atoms with Crippen molar-refractivity contribution in [2.24, 2.45) is 0 Å². The van der Waals surface area contributed by atoms with Crippen LogP contribution in [0, 0.1) is 0 Å². The van der Waals surface area contributed by atoms with Crippen LogP contribution in [0.3, 0.4) is 0 Å². The van der Waals surface area contributed by atoms with Gasteiger partial charge in [0.1, 0.15) is 35.6 Å². The smallest absolute Gasteiger partial charge is 0.264 e. The zero-order valence-electron chi connectivity index (χ0n) is 17.2. The van der Waals surface area contributed by atoms with E-state index in [1.807, 2.05) is 0 Å². The second-order valence-corrected chi connectivity index (χ2v) is 7.15. The van der Waals surface area contributed by atoms with Crippen LogP contribution in [0.25, 0.3) is 22.4 Å². The van der Waals surface area contributed by atoms with Gasteiger partial charge in [-0.1, -0.05) is 12.1 Å². The second-order valence-electron chi connectivity index (χ2n) is 7.15. The van der Waals surface area contributed by atoms with E-state index in [-0.39, 0.29) is 34.9 Å². The van der Waals surface area contributed by atoms with Gasteiger partial charge in [0.05, 0.1) is 17.7 Å². The molecule has 0 spiro atoms. The minimum Gasteiger partial charge on any atom is -0.491 e. The van der Waals surface area contributed by atoms with Crippen LogP contribution in [0.1, 0.15) is 22.3 Å². The van der Waals surface area contributed by atoms with Crippen LogP contribution in [-0.4, -0.2) is 50.4 Å². The van der Waals surface area contributed by atoms with Crippen LogP contribution in [-0.2, 0) is 0 Å². The molecule has 4 rings (SSSR count). The molecule has 1 amide bonds. The lowest BCUT2D eigenvalue weighted by Crippen LogP contribution is -2.21. The number of para-hydroxylation sites is 1. The van der Waals surface area contributed by atoms with E-state index < -0.39 is 25.0 Å². The number of nitrogens with zero attached hydrogens (tertiary/aromatic N) is 2. The Balaban J connectivity index is 1.67. The van der Waals surface area contributed by atoms with Crippen molar-refractivity contribution in [1.29, 1.82) is 0 Å². The third-order valence-electron chi connectivity index (χ3n) is 4.83. The summed E-state index contributed by atoms with van der Waals surface area (Å²) in [5.74, 6) is 0.225. The van der Waals surface area contributed by atoms with E-state index in [2.05, 4.69) is 20.3 Å². The molecule has 1 atom stereocenters. The number of anilines is 1. The number of hydrogen-bond acceptors (Lipinski definition) is 6. The van der Waals surface area contributed by atoms with Crippen molar-refractivity contribution in [3.8, 4) is 17.1 Å². The monoisotopic (exact) mass is 454 g/mol. The van der Waals surface area contributed by atoms with Crippen molar-refractivity contribution >= 4 is 22.8 Å². The van der Waals surface area contributed by atoms with Gasteiger partial charge in [-0.3, -0.25) is 4.79 Å². The summed E-state index contributed by atoms with van der Waals surface area (Å²) < 4.78 is 32.9. The number of benzene rings is 2. The first kappa shape index (κ1) is 22.3. The van der Waals surface area contributed by atoms with E-state index in [0.29, 0.717) is 16.9 Å². The number of carbonyl (C=O) groups is 1. The molecule has 170 valence electrons. The lowest BCUT2D eigenvalue weighted by atomic mass is 10.1. The highest BCUT2D eigenvalue weighted by Crippen LogP contribution is 2.34.